The summed E-state index contributed by atoms with van der Waals surface area (Å²) < 4.78 is 11.3. The van der Waals surface area contributed by atoms with E-state index in [4.69, 9.17) is 25.2 Å². The van der Waals surface area contributed by atoms with E-state index < -0.39 is 5.60 Å². The average Bonchev–Trinajstić information content (AvgIpc) is 3.29. The lowest BCUT2D eigenvalue weighted by Gasteiger charge is -2.46. The molecule has 5 heterocycles. The van der Waals surface area contributed by atoms with Crippen molar-refractivity contribution in [2.24, 2.45) is 0 Å². The minimum Gasteiger partial charge on any atom is -0.444 e. The van der Waals surface area contributed by atoms with E-state index in [1.807, 2.05) is 25.7 Å². The Bertz CT molecular complexity index is 1140. The standard InChI is InChI=1S/C26H38N8O3/c1-17-16-36-13-12-33(17)23-30-20(18-14-28-22(27)29-15-18)19-6-9-34(21(19)31-23)26(5)7-10-32(11-8-26)24(35)37-25(2,3)4/h14-15,17H,6-13,16H2,1-5H3,(H2,27,28,29)/t17-/m0/s1. The average molecular weight is 511 g/mol. The maximum atomic E-state index is 12.7. The summed E-state index contributed by atoms with van der Waals surface area (Å²) in [6.07, 6.45) is 5.73. The number of nitrogens with zero attached hydrogens (tertiary/aromatic N) is 7. The lowest BCUT2D eigenvalue weighted by molar-refractivity contribution is 0.0173. The number of carbonyl (C=O) groups excluding carboxylic acids is 1. The number of fused-ring (bicyclic) bond motifs is 1. The van der Waals surface area contributed by atoms with E-state index in [1.54, 1.807) is 12.4 Å². The third kappa shape index (κ3) is 5.14. The second-order valence-corrected chi connectivity index (χ2v) is 11.5. The van der Waals surface area contributed by atoms with Gasteiger partial charge in [-0.3, -0.25) is 0 Å². The van der Waals surface area contributed by atoms with Gasteiger partial charge in [0.05, 0.1) is 24.9 Å². The minimum absolute atomic E-state index is 0.138. The highest BCUT2D eigenvalue weighted by molar-refractivity contribution is 5.73. The highest BCUT2D eigenvalue weighted by Crippen LogP contribution is 2.42. The minimum atomic E-state index is -0.502. The Balaban J connectivity index is 1.46. The van der Waals surface area contributed by atoms with Crippen molar-refractivity contribution in [2.45, 2.75) is 71.1 Å². The highest BCUT2D eigenvalue weighted by Gasteiger charge is 2.42. The summed E-state index contributed by atoms with van der Waals surface area (Å²) in [6, 6.07) is 0.171. The summed E-state index contributed by atoms with van der Waals surface area (Å²) in [6.45, 7) is 14.3. The van der Waals surface area contributed by atoms with Gasteiger partial charge in [-0.05, 0) is 53.9 Å². The number of hydrogen-bond acceptors (Lipinski definition) is 10. The van der Waals surface area contributed by atoms with Crippen molar-refractivity contribution >= 4 is 23.8 Å². The molecule has 0 aromatic carbocycles. The van der Waals surface area contributed by atoms with Crippen molar-refractivity contribution in [3.8, 4) is 11.3 Å². The molecule has 0 bridgehead atoms. The van der Waals surface area contributed by atoms with Crippen molar-refractivity contribution in [2.75, 3.05) is 54.9 Å². The molecule has 200 valence electrons. The van der Waals surface area contributed by atoms with Gasteiger partial charge < -0.3 is 29.9 Å². The van der Waals surface area contributed by atoms with Crippen LogP contribution in [-0.4, -0.2) is 87.5 Å². The maximum Gasteiger partial charge on any atom is 0.410 e. The second-order valence-electron chi connectivity index (χ2n) is 11.5. The van der Waals surface area contributed by atoms with Gasteiger partial charge in [0.2, 0.25) is 11.9 Å². The second kappa shape index (κ2) is 9.59. The Labute approximate surface area is 218 Å². The summed E-state index contributed by atoms with van der Waals surface area (Å²) in [7, 11) is 0. The molecule has 0 unspecified atom stereocenters. The molecule has 0 radical (unpaired) electrons. The molecule has 0 aliphatic carbocycles. The van der Waals surface area contributed by atoms with Crippen LogP contribution in [0.1, 0.15) is 53.0 Å². The third-order valence-electron chi connectivity index (χ3n) is 7.53. The fourth-order valence-electron chi connectivity index (χ4n) is 5.39. The molecule has 0 saturated carbocycles. The van der Waals surface area contributed by atoms with Gasteiger partial charge in [0.25, 0.3) is 0 Å². The summed E-state index contributed by atoms with van der Waals surface area (Å²) >= 11 is 0. The van der Waals surface area contributed by atoms with Crippen molar-refractivity contribution in [3.63, 3.8) is 0 Å². The first-order valence-electron chi connectivity index (χ1n) is 13.1. The first-order valence-corrected chi connectivity index (χ1v) is 13.1. The van der Waals surface area contributed by atoms with Crippen LogP contribution in [0, 0.1) is 0 Å². The van der Waals surface area contributed by atoms with E-state index in [2.05, 4.69) is 33.6 Å². The molecule has 2 aromatic heterocycles. The van der Waals surface area contributed by atoms with Gasteiger partial charge in [0, 0.05) is 55.2 Å². The molecular formula is C26H38N8O3. The quantitative estimate of drug-likeness (QED) is 0.659. The van der Waals surface area contributed by atoms with Crippen LogP contribution < -0.4 is 15.5 Å². The Hall–Kier alpha value is -3.21. The van der Waals surface area contributed by atoms with Gasteiger partial charge in [-0.2, -0.15) is 4.98 Å². The normalized spacial score (nSPS) is 21.6. The fraction of sp³-hybridized carbons (Fsp3) is 0.654. The Morgan fingerprint density at radius 2 is 1.84 bits per heavy atom. The van der Waals surface area contributed by atoms with E-state index >= 15 is 0 Å². The third-order valence-corrected chi connectivity index (χ3v) is 7.53. The zero-order valence-corrected chi connectivity index (χ0v) is 22.5. The molecule has 2 N–H and O–H groups in total. The number of likely N-dealkylation sites (tertiary alicyclic amines) is 1. The van der Waals surface area contributed by atoms with E-state index in [9.17, 15) is 4.79 Å². The molecule has 2 aromatic rings. The maximum absolute atomic E-state index is 12.7. The van der Waals surface area contributed by atoms with Crippen molar-refractivity contribution in [1.29, 1.82) is 0 Å². The zero-order chi connectivity index (χ0) is 26.4. The van der Waals surface area contributed by atoms with Crippen LogP contribution in [-0.2, 0) is 15.9 Å². The smallest absolute Gasteiger partial charge is 0.410 e. The molecule has 3 aliphatic rings. The van der Waals surface area contributed by atoms with E-state index in [-0.39, 0.29) is 23.6 Å². The van der Waals surface area contributed by atoms with Crippen molar-refractivity contribution in [1.82, 2.24) is 24.8 Å². The van der Waals surface area contributed by atoms with E-state index in [1.165, 1.54) is 0 Å². The number of anilines is 3. The van der Waals surface area contributed by atoms with Crippen LogP contribution in [0.25, 0.3) is 11.3 Å². The van der Waals surface area contributed by atoms with Gasteiger partial charge in [0.1, 0.15) is 11.4 Å². The SMILES string of the molecule is C[C@H]1COCCN1c1nc(-c2cnc(N)nc2)c2c(n1)N(C1(C)CCN(C(=O)OC(C)(C)C)CC1)CC2. The Morgan fingerprint density at radius 1 is 1.14 bits per heavy atom. The van der Waals surface area contributed by atoms with Crippen LogP contribution >= 0.6 is 0 Å². The van der Waals surface area contributed by atoms with Gasteiger partial charge in [-0.1, -0.05) is 0 Å². The van der Waals surface area contributed by atoms with Crippen LogP contribution in [0.4, 0.5) is 22.5 Å². The molecule has 37 heavy (non-hydrogen) atoms. The van der Waals surface area contributed by atoms with Crippen LogP contribution in [0.15, 0.2) is 12.4 Å². The molecule has 5 rings (SSSR count). The summed E-state index contributed by atoms with van der Waals surface area (Å²) in [5, 5.41) is 0. The van der Waals surface area contributed by atoms with E-state index in [0.29, 0.717) is 32.3 Å². The summed E-state index contributed by atoms with van der Waals surface area (Å²) in [5.74, 6) is 1.90. The number of nitrogens with two attached hydrogens (primary N) is 1. The van der Waals surface area contributed by atoms with Crippen molar-refractivity contribution in [3.05, 3.63) is 18.0 Å². The number of nitrogen functional groups attached to an aromatic ring is 1. The molecule has 3 aliphatic heterocycles. The number of carbonyl (C=O) groups is 1. The first kappa shape index (κ1) is 25.4. The highest BCUT2D eigenvalue weighted by atomic mass is 16.6. The number of ether oxygens (including phenoxy) is 2. The molecule has 1 amide bonds. The van der Waals surface area contributed by atoms with Crippen LogP contribution in [0.5, 0.6) is 0 Å². The Morgan fingerprint density at radius 3 is 2.49 bits per heavy atom. The number of amides is 1. The number of aromatic nitrogens is 4. The predicted molar refractivity (Wildman–Crippen MR) is 142 cm³/mol. The molecule has 2 saturated heterocycles. The number of rotatable bonds is 3. The lowest BCUT2D eigenvalue weighted by atomic mass is 9.88. The summed E-state index contributed by atoms with van der Waals surface area (Å²) in [5.41, 5.74) is 7.92. The van der Waals surface area contributed by atoms with Crippen molar-refractivity contribution < 1.29 is 14.3 Å². The zero-order valence-electron chi connectivity index (χ0n) is 22.5. The molecule has 1 atom stereocenters. The van der Waals surface area contributed by atoms with E-state index in [0.717, 1.165) is 55.0 Å². The summed E-state index contributed by atoms with van der Waals surface area (Å²) in [4.78, 5) is 37.7. The topological polar surface area (TPSA) is 123 Å². The van der Waals surface area contributed by atoms with Gasteiger partial charge in [0.15, 0.2) is 0 Å². The largest absolute Gasteiger partial charge is 0.444 e. The molecular weight excluding hydrogens is 472 g/mol. The first-order chi connectivity index (χ1) is 17.5. The van der Waals surface area contributed by atoms with Crippen LogP contribution in [0.3, 0.4) is 0 Å². The van der Waals surface area contributed by atoms with Gasteiger partial charge in [-0.15, -0.1) is 0 Å². The monoisotopic (exact) mass is 510 g/mol. The van der Waals surface area contributed by atoms with Gasteiger partial charge in [-0.25, -0.2) is 19.7 Å². The number of morpholine rings is 1. The molecule has 2 fully saturated rings. The predicted octanol–water partition coefficient (Wildman–Crippen LogP) is 2.89. The Kier molecular flexibility index (Phi) is 6.59. The molecule has 11 nitrogen and oxygen atoms in total. The fourth-order valence-corrected chi connectivity index (χ4v) is 5.39. The number of piperidine rings is 1. The molecule has 0 spiro atoms. The van der Waals surface area contributed by atoms with Crippen LogP contribution in [0.2, 0.25) is 0 Å². The van der Waals surface area contributed by atoms with Gasteiger partial charge >= 0.3 is 6.09 Å². The number of hydrogen-bond donors (Lipinski definition) is 1. The lowest BCUT2D eigenvalue weighted by Crippen LogP contribution is -2.55. The molecule has 11 heteroatoms.